The summed E-state index contributed by atoms with van der Waals surface area (Å²) >= 11 is 0. The molecule has 100 valence electrons. The molecule has 0 bridgehead atoms. The average molecular weight is 252 g/mol. The van der Waals surface area contributed by atoms with E-state index >= 15 is 0 Å². The van der Waals surface area contributed by atoms with Crippen LogP contribution in [0.15, 0.2) is 18.2 Å². The Kier molecular flexibility index (Phi) is 5.62. The Labute approximate surface area is 108 Å². The fourth-order valence-electron chi connectivity index (χ4n) is 1.79. The fourth-order valence-corrected chi connectivity index (χ4v) is 1.79. The number of nitrogens with one attached hydrogen (secondary N) is 2. The standard InChI is InChI=1S/C14H21FN2O/c1-4-5-11(3)17-14(18)9-16-13-8-12(15)7-6-10(13)2/h6-8,11,16H,4-5,9H2,1-3H3,(H,17,18). The lowest BCUT2D eigenvalue weighted by Gasteiger charge is -2.14. The van der Waals surface area contributed by atoms with Crippen molar-refractivity contribution in [2.24, 2.45) is 0 Å². The van der Waals surface area contributed by atoms with E-state index in [4.69, 9.17) is 0 Å². The van der Waals surface area contributed by atoms with Gasteiger partial charge in [-0.1, -0.05) is 19.4 Å². The number of halogens is 1. The van der Waals surface area contributed by atoms with Gasteiger partial charge in [0, 0.05) is 11.7 Å². The number of aryl methyl sites for hydroxylation is 1. The van der Waals surface area contributed by atoms with Crippen LogP contribution in [0.1, 0.15) is 32.3 Å². The first-order chi connectivity index (χ1) is 8.52. The SMILES string of the molecule is CCCC(C)NC(=O)CNc1cc(F)ccc1C. The van der Waals surface area contributed by atoms with Crippen LogP contribution in [0, 0.1) is 12.7 Å². The van der Waals surface area contributed by atoms with E-state index in [0.29, 0.717) is 5.69 Å². The van der Waals surface area contributed by atoms with Crippen LogP contribution in [0.5, 0.6) is 0 Å². The first-order valence-electron chi connectivity index (χ1n) is 6.32. The van der Waals surface area contributed by atoms with Crippen LogP contribution in [0.2, 0.25) is 0 Å². The van der Waals surface area contributed by atoms with E-state index in [1.54, 1.807) is 6.07 Å². The van der Waals surface area contributed by atoms with E-state index in [2.05, 4.69) is 17.6 Å². The van der Waals surface area contributed by atoms with Gasteiger partial charge in [-0.05, 0) is 38.0 Å². The number of hydrogen-bond acceptors (Lipinski definition) is 2. The molecular formula is C14H21FN2O. The lowest BCUT2D eigenvalue weighted by Crippen LogP contribution is -2.36. The third-order valence-electron chi connectivity index (χ3n) is 2.77. The minimum absolute atomic E-state index is 0.0698. The van der Waals surface area contributed by atoms with Gasteiger partial charge in [-0.2, -0.15) is 0 Å². The van der Waals surface area contributed by atoms with Gasteiger partial charge in [0.25, 0.3) is 0 Å². The van der Waals surface area contributed by atoms with Crippen LogP contribution in [0.3, 0.4) is 0 Å². The van der Waals surface area contributed by atoms with Gasteiger partial charge in [-0.15, -0.1) is 0 Å². The zero-order valence-corrected chi connectivity index (χ0v) is 11.2. The molecule has 3 nitrogen and oxygen atoms in total. The van der Waals surface area contributed by atoms with Crippen LogP contribution in [0.4, 0.5) is 10.1 Å². The van der Waals surface area contributed by atoms with Crippen molar-refractivity contribution < 1.29 is 9.18 Å². The number of carbonyl (C=O) groups is 1. The minimum Gasteiger partial charge on any atom is -0.376 e. The third kappa shape index (κ3) is 4.73. The van der Waals surface area contributed by atoms with Crippen LogP contribution >= 0.6 is 0 Å². The van der Waals surface area contributed by atoms with Crippen molar-refractivity contribution in [1.29, 1.82) is 0 Å². The molecule has 2 N–H and O–H groups in total. The van der Waals surface area contributed by atoms with Crippen molar-refractivity contribution >= 4 is 11.6 Å². The molecule has 0 heterocycles. The largest absolute Gasteiger partial charge is 0.376 e. The van der Waals surface area contributed by atoms with Crippen molar-refractivity contribution in [3.63, 3.8) is 0 Å². The molecular weight excluding hydrogens is 231 g/mol. The topological polar surface area (TPSA) is 41.1 Å². The molecule has 1 aromatic rings. The molecule has 0 aromatic heterocycles. The number of rotatable bonds is 6. The lowest BCUT2D eigenvalue weighted by molar-refractivity contribution is -0.120. The molecule has 0 aliphatic heterocycles. The maximum absolute atomic E-state index is 13.0. The number of hydrogen-bond donors (Lipinski definition) is 2. The van der Waals surface area contributed by atoms with Gasteiger partial charge >= 0.3 is 0 Å². The first kappa shape index (κ1) is 14.5. The molecule has 1 aromatic carbocycles. The lowest BCUT2D eigenvalue weighted by atomic mass is 10.2. The second kappa shape index (κ2) is 6.99. The average Bonchev–Trinajstić information content (AvgIpc) is 2.30. The van der Waals surface area contributed by atoms with E-state index in [0.717, 1.165) is 18.4 Å². The highest BCUT2D eigenvalue weighted by molar-refractivity contribution is 5.81. The molecule has 18 heavy (non-hydrogen) atoms. The maximum atomic E-state index is 13.0. The fraction of sp³-hybridized carbons (Fsp3) is 0.500. The molecule has 0 spiro atoms. The summed E-state index contributed by atoms with van der Waals surface area (Å²) in [5.41, 5.74) is 1.58. The number of amides is 1. The highest BCUT2D eigenvalue weighted by Crippen LogP contribution is 2.15. The molecule has 0 saturated heterocycles. The van der Waals surface area contributed by atoms with Gasteiger partial charge in [-0.3, -0.25) is 4.79 Å². The van der Waals surface area contributed by atoms with Crippen molar-refractivity contribution in [3.8, 4) is 0 Å². The summed E-state index contributed by atoms with van der Waals surface area (Å²) in [5, 5.41) is 5.84. The zero-order valence-electron chi connectivity index (χ0n) is 11.2. The van der Waals surface area contributed by atoms with E-state index < -0.39 is 0 Å². The minimum atomic E-state index is -0.303. The summed E-state index contributed by atoms with van der Waals surface area (Å²) < 4.78 is 13.0. The Balaban J connectivity index is 2.45. The molecule has 0 fully saturated rings. The normalized spacial score (nSPS) is 12.0. The summed E-state index contributed by atoms with van der Waals surface area (Å²) in [6.45, 7) is 6.10. The molecule has 0 aliphatic rings. The summed E-state index contributed by atoms with van der Waals surface area (Å²) in [6.07, 6.45) is 2.00. The quantitative estimate of drug-likeness (QED) is 0.817. The highest BCUT2D eigenvalue weighted by atomic mass is 19.1. The van der Waals surface area contributed by atoms with Crippen LogP contribution < -0.4 is 10.6 Å². The van der Waals surface area contributed by atoms with Gasteiger partial charge in [0.15, 0.2) is 0 Å². The molecule has 1 amide bonds. The van der Waals surface area contributed by atoms with Crippen LogP contribution in [-0.4, -0.2) is 18.5 Å². The monoisotopic (exact) mass is 252 g/mol. The van der Waals surface area contributed by atoms with Gasteiger partial charge in [0.2, 0.25) is 5.91 Å². The van der Waals surface area contributed by atoms with Crippen LogP contribution in [0.25, 0.3) is 0 Å². The van der Waals surface area contributed by atoms with Gasteiger partial charge in [0.05, 0.1) is 6.54 Å². The van der Waals surface area contributed by atoms with Gasteiger partial charge in [0.1, 0.15) is 5.82 Å². The van der Waals surface area contributed by atoms with E-state index in [1.165, 1.54) is 12.1 Å². The second-order valence-corrected chi connectivity index (χ2v) is 4.57. The Hall–Kier alpha value is -1.58. The molecule has 0 saturated carbocycles. The van der Waals surface area contributed by atoms with Crippen molar-refractivity contribution in [2.45, 2.75) is 39.7 Å². The smallest absolute Gasteiger partial charge is 0.239 e. The Bertz CT molecular complexity index is 407. The predicted octanol–water partition coefficient (Wildman–Crippen LogP) is 2.85. The predicted molar refractivity (Wildman–Crippen MR) is 72.1 cm³/mol. The third-order valence-corrected chi connectivity index (χ3v) is 2.77. The molecule has 1 unspecified atom stereocenters. The molecule has 0 aliphatic carbocycles. The van der Waals surface area contributed by atoms with E-state index in [1.807, 2.05) is 13.8 Å². The highest BCUT2D eigenvalue weighted by Gasteiger charge is 2.07. The van der Waals surface area contributed by atoms with Crippen LogP contribution in [-0.2, 0) is 4.79 Å². The first-order valence-corrected chi connectivity index (χ1v) is 6.32. The Morgan fingerprint density at radius 3 is 2.83 bits per heavy atom. The number of benzene rings is 1. The Morgan fingerprint density at radius 2 is 2.17 bits per heavy atom. The number of anilines is 1. The summed E-state index contributed by atoms with van der Waals surface area (Å²) in [6, 6.07) is 4.68. The van der Waals surface area contributed by atoms with Crippen molar-refractivity contribution in [2.75, 3.05) is 11.9 Å². The van der Waals surface area contributed by atoms with Gasteiger partial charge < -0.3 is 10.6 Å². The van der Waals surface area contributed by atoms with E-state index in [9.17, 15) is 9.18 Å². The van der Waals surface area contributed by atoms with Gasteiger partial charge in [-0.25, -0.2) is 4.39 Å². The zero-order chi connectivity index (χ0) is 13.5. The molecule has 0 radical (unpaired) electrons. The van der Waals surface area contributed by atoms with Crippen molar-refractivity contribution in [3.05, 3.63) is 29.6 Å². The maximum Gasteiger partial charge on any atom is 0.239 e. The summed E-state index contributed by atoms with van der Waals surface area (Å²) in [5.74, 6) is -0.373. The second-order valence-electron chi connectivity index (χ2n) is 4.57. The summed E-state index contributed by atoms with van der Waals surface area (Å²) in [7, 11) is 0. The molecule has 1 rings (SSSR count). The van der Waals surface area contributed by atoms with E-state index in [-0.39, 0.29) is 24.3 Å². The van der Waals surface area contributed by atoms with Crippen molar-refractivity contribution in [1.82, 2.24) is 5.32 Å². The summed E-state index contributed by atoms with van der Waals surface area (Å²) in [4.78, 5) is 11.6. The number of carbonyl (C=O) groups excluding carboxylic acids is 1. The molecule has 4 heteroatoms. The molecule has 1 atom stereocenters. The Morgan fingerprint density at radius 1 is 1.44 bits per heavy atom.